The van der Waals surface area contributed by atoms with Crippen LogP contribution in [0.4, 0.5) is 11.4 Å². The van der Waals surface area contributed by atoms with Gasteiger partial charge in [0.05, 0.1) is 37.7 Å². The average Bonchev–Trinajstić information content (AvgIpc) is 3.62. The number of carbonyl (C=O) groups is 1. The predicted molar refractivity (Wildman–Crippen MR) is 118 cm³/mol. The third-order valence-electron chi connectivity index (χ3n) is 6.29. The number of hydrogen-bond acceptors (Lipinski definition) is 7. The topological polar surface area (TPSA) is 111 Å². The Morgan fingerprint density at radius 2 is 2.00 bits per heavy atom. The highest BCUT2D eigenvalue weighted by molar-refractivity contribution is 5.68. The van der Waals surface area contributed by atoms with Gasteiger partial charge in [0.25, 0.3) is 0 Å². The number of anilines is 2. The molecule has 0 radical (unpaired) electrons. The van der Waals surface area contributed by atoms with Gasteiger partial charge in [-0.3, -0.25) is 4.79 Å². The maximum Gasteiger partial charge on any atom is 0.303 e. The molecule has 2 aromatic heterocycles. The summed E-state index contributed by atoms with van der Waals surface area (Å²) in [5, 5.41) is 9.25. The molecule has 2 aromatic rings. The highest BCUT2D eigenvalue weighted by Gasteiger charge is 2.34. The Balaban J connectivity index is 1.31. The van der Waals surface area contributed by atoms with Crippen LogP contribution in [0.1, 0.15) is 43.6 Å². The molecule has 1 aliphatic carbocycles. The molecule has 31 heavy (non-hydrogen) atoms. The molecular weight excluding hydrogens is 396 g/mol. The molecule has 3 N–H and O–H groups in total. The first kappa shape index (κ1) is 21.2. The van der Waals surface area contributed by atoms with E-state index in [0.29, 0.717) is 35.9 Å². The van der Waals surface area contributed by atoms with E-state index < -0.39 is 5.97 Å². The molecule has 2 aliphatic rings. The molecule has 1 saturated carbocycles. The molecule has 4 rings (SSSR count). The molecule has 3 heterocycles. The summed E-state index contributed by atoms with van der Waals surface area (Å²) in [6.45, 7) is 2.38. The van der Waals surface area contributed by atoms with Crippen LogP contribution >= 0.6 is 0 Å². The first-order valence-corrected chi connectivity index (χ1v) is 10.9. The fourth-order valence-corrected chi connectivity index (χ4v) is 4.34. The highest BCUT2D eigenvalue weighted by Crippen LogP contribution is 2.44. The molecule has 8 nitrogen and oxygen atoms in total. The van der Waals surface area contributed by atoms with Crippen LogP contribution in [0.15, 0.2) is 30.6 Å². The number of piperidine rings is 1. The van der Waals surface area contributed by atoms with Gasteiger partial charge >= 0.3 is 5.97 Å². The Labute approximate surface area is 182 Å². The number of nitrogen functional groups attached to an aromatic ring is 1. The maximum atomic E-state index is 11.2. The number of pyridine rings is 2. The van der Waals surface area contributed by atoms with Gasteiger partial charge in [-0.2, -0.15) is 0 Å². The van der Waals surface area contributed by atoms with Crippen molar-refractivity contribution in [1.82, 2.24) is 9.97 Å². The van der Waals surface area contributed by atoms with Gasteiger partial charge in [0.1, 0.15) is 0 Å². The van der Waals surface area contributed by atoms with E-state index in [-0.39, 0.29) is 12.3 Å². The minimum Gasteiger partial charge on any atom is -0.481 e. The minimum atomic E-state index is -0.754. The molecule has 8 heteroatoms. The lowest BCUT2D eigenvalue weighted by Gasteiger charge is -2.34. The summed E-state index contributed by atoms with van der Waals surface area (Å²) in [7, 11) is 1.60. The van der Waals surface area contributed by atoms with Crippen LogP contribution in [0.2, 0.25) is 0 Å². The minimum absolute atomic E-state index is 0.0499. The maximum absolute atomic E-state index is 11.2. The summed E-state index contributed by atoms with van der Waals surface area (Å²) in [5.41, 5.74) is 8.75. The van der Waals surface area contributed by atoms with Crippen molar-refractivity contribution in [2.24, 2.45) is 11.8 Å². The van der Waals surface area contributed by atoms with Crippen molar-refractivity contribution in [3.63, 3.8) is 0 Å². The number of rotatable bonds is 9. The van der Waals surface area contributed by atoms with E-state index in [2.05, 4.69) is 14.9 Å². The van der Waals surface area contributed by atoms with Crippen molar-refractivity contribution < 1.29 is 19.4 Å². The SMILES string of the molecule is COc1cc(N2CCC(COc3cc([C@@H](CC(=O)O)C4CC4)ccn3)CC2)c(N)cn1. The smallest absolute Gasteiger partial charge is 0.303 e. The molecule has 1 aliphatic heterocycles. The van der Waals surface area contributed by atoms with Gasteiger partial charge < -0.3 is 25.2 Å². The van der Waals surface area contributed by atoms with Crippen molar-refractivity contribution in [1.29, 1.82) is 0 Å². The standard InChI is InChI=1S/C23H30N4O4/c1-30-21-12-20(19(24)13-26-21)27-8-5-15(6-9-27)14-31-22-10-17(4-7-25-22)18(11-23(28)29)16-2-3-16/h4,7,10,12-13,15-16,18H,2-3,5-6,8-9,11,14,24H2,1H3,(H,28,29)/t18-/m0/s1. The molecule has 166 valence electrons. The Kier molecular flexibility index (Phi) is 6.44. The van der Waals surface area contributed by atoms with E-state index in [1.165, 1.54) is 0 Å². The zero-order valence-corrected chi connectivity index (χ0v) is 17.9. The summed E-state index contributed by atoms with van der Waals surface area (Å²) in [6, 6.07) is 5.73. The van der Waals surface area contributed by atoms with E-state index in [4.69, 9.17) is 15.2 Å². The summed E-state index contributed by atoms with van der Waals surface area (Å²) in [4.78, 5) is 22.0. The van der Waals surface area contributed by atoms with Crippen LogP contribution in [-0.4, -0.2) is 47.8 Å². The number of nitrogens with zero attached hydrogens (tertiary/aromatic N) is 3. The second-order valence-corrected chi connectivity index (χ2v) is 8.50. The molecule has 0 amide bonds. The second-order valence-electron chi connectivity index (χ2n) is 8.50. The number of ether oxygens (including phenoxy) is 2. The van der Waals surface area contributed by atoms with Crippen molar-refractivity contribution in [2.45, 2.75) is 38.0 Å². The lowest BCUT2D eigenvalue weighted by molar-refractivity contribution is -0.137. The molecule has 1 saturated heterocycles. The highest BCUT2D eigenvalue weighted by atomic mass is 16.5. The molecule has 2 fully saturated rings. The summed E-state index contributed by atoms with van der Waals surface area (Å²) >= 11 is 0. The monoisotopic (exact) mass is 426 g/mol. The first-order valence-electron chi connectivity index (χ1n) is 10.9. The zero-order chi connectivity index (χ0) is 21.8. The molecular formula is C23H30N4O4. The summed E-state index contributed by atoms with van der Waals surface area (Å²) < 4.78 is 11.2. The van der Waals surface area contributed by atoms with Gasteiger partial charge in [-0.05, 0) is 55.1 Å². The van der Waals surface area contributed by atoms with Crippen LogP contribution in [0.25, 0.3) is 0 Å². The summed E-state index contributed by atoms with van der Waals surface area (Å²) in [5.74, 6) is 1.34. The third kappa shape index (κ3) is 5.37. The number of hydrogen-bond donors (Lipinski definition) is 2. The van der Waals surface area contributed by atoms with Crippen LogP contribution in [0, 0.1) is 11.8 Å². The van der Waals surface area contributed by atoms with Crippen LogP contribution in [0.5, 0.6) is 11.8 Å². The molecule has 0 aromatic carbocycles. The number of methoxy groups -OCH3 is 1. The van der Waals surface area contributed by atoms with Gasteiger partial charge in [0.15, 0.2) is 0 Å². The van der Waals surface area contributed by atoms with Gasteiger partial charge in [-0.15, -0.1) is 0 Å². The van der Waals surface area contributed by atoms with Gasteiger partial charge in [-0.25, -0.2) is 9.97 Å². The zero-order valence-electron chi connectivity index (χ0n) is 17.9. The largest absolute Gasteiger partial charge is 0.481 e. The van der Waals surface area contributed by atoms with E-state index in [0.717, 1.165) is 50.0 Å². The Morgan fingerprint density at radius 1 is 1.23 bits per heavy atom. The van der Waals surface area contributed by atoms with Crippen LogP contribution in [-0.2, 0) is 4.79 Å². The predicted octanol–water partition coefficient (Wildman–Crippen LogP) is 3.33. The van der Waals surface area contributed by atoms with Crippen molar-refractivity contribution in [2.75, 3.05) is 37.4 Å². The lowest BCUT2D eigenvalue weighted by Crippen LogP contribution is -2.36. The molecule has 0 unspecified atom stereocenters. The average molecular weight is 427 g/mol. The first-order chi connectivity index (χ1) is 15.0. The number of aromatic nitrogens is 2. The van der Waals surface area contributed by atoms with Crippen molar-refractivity contribution in [3.05, 3.63) is 36.2 Å². The second kappa shape index (κ2) is 9.41. The summed E-state index contributed by atoms with van der Waals surface area (Å²) in [6.07, 6.45) is 7.72. The Morgan fingerprint density at radius 3 is 2.68 bits per heavy atom. The quantitative estimate of drug-likeness (QED) is 0.628. The normalized spacial score (nSPS) is 17.9. The fourth-order valence-electron chi connectivity index (χ4n) is 4.34. The van der Waals surface area contributed by atoms with Gasteiger partial charge in [0.2, 0.25) is 11.8 Å². The van der Waals surface area contributed by atoms with E-state index in [9.17, 15) is 9.90 Å². The Bertz CT molecular complexity index is 910. The fraction of sp³-hybridized carbons (Fsp3) is 0.522. The lowest BCUT2D eigenvalue weighted by atomic mass is 9.92. The third-order valence-corrected chi connectivity index (χ3v) is 6.29. The number of aliphatic carboxylic acids is 1. The molecule has 0 bridgehead atoms. The number of carboxylic acids is 1. The van der Waals surface area contributed by atoms with Crippen LogP contribution in [0.3, 0.4) is 0 Å². The van der Waals surface area contributed by atoms with Crippen molar-refractivity contribution >= 4 is 17.3 Å². The van der Waals surface area contributed by atoms with Crippen LogP contribution < -0.4 is 20.1 Å². The van der Waals surface area contributed by atoms with Crippen molar-refractivity contribution in [3.8, 4) is 11.8 Å². The van der Waals surface area contributed by atoms with E-state index >= 15 is 0 Å². The molecule has 1 atom stereocenters. The Hall–Kier alpha value is -3.03. The van der Waals surface area contributed by atoms with Gasteiger partial charge in [-0.1, -0.05) is 0 Å². The van der Waals surface area contributed by atoms with E-state index in [1.807, 2.05) is 18.2 Å². The number of carboxylic acid groups (broad SMARTS) is 1. The molecule has 0 spiro atoms. The van der Waals surface area contributed by atoms with E-state index in [1.54, 1.807) is 19.5 Å². The number of nitrogens with two attached hydrogens (primary N) is 1. The van der Waals surface area contributed by atoms with Gasteiger partial charge in [0, 0.05) is 31.4 Å².